The summed E-state index contributed by atoms with van der Waals surface area (Å²) in [5, 5.41) is 1.43. The highest BCUT2D eigenvalue weighted by molar-refractivity contribution is 9.08. The molecule has 0 aliphatic heterocycles. The van der Waals surface area contributed by atoms with Crippen molar-refractivity contribution in [3.05, 3.63) is 27.7 Å². The van der Waals surface area contributed by atoms with Gasteiger partial charge in [-0.2, -0.15) is 0 Å². The predicted molar refractivity (Wildman–Crippen MR) is 78.9 cm³/mol. The maximum absolute atomic E-state index is 11.3. The lowest BCUT2D eigenvalue weighted by atomic mass is 10.2. The van der Waals surface area contributed by atoms with Crippen molar-refractivity contribution in [3.8, 4) is 5.75 Å². The van der Waals surface area contributed by atoms with E-state index in [9.17, 15) is 8.42 Å². The summed E-state index contributed by atoms with van der Waals surface area (Å²) in [5.74, 6) is 0.560. The molecule has 7 heteroatoms. The maximum Gasteiger partial charge on any atom is 0.153 e. The Morgan fingerprint density at radius 3 is 2.56 bits per heavy atom. The Hall–Kier alpha value is 0.0300. The monoisotopic (exact) mass is 374 g/mol. The first-order valence-corrected chi connectivity index (χ1v) is 8.96. The lowest BCUT2D eigenvalue weighted by Crippen LogP contribution is -2.16. The predicted octanol–water partition coefficient (Wildman–Crippen LogP) is 3.70. The van der Waals surface area contributed by atoms with E-state index < -0.39 is 9.84 Å². The van der Waals surface area contributed by atoms with Crippen LogP contribution in [0.3, 0.4) is 0 Å². The molecule has 0 heterocycles. The van der Waals surface area contributed by atoms with E-state index in [1.165, 1.54) is 0 Å². The van der Waals surface area contributed by atoms with E-state index >= 15 is 0 Å². The van der Waals surface area contributed by atoms with E-state index in [2.05, 4.69) is 15.9 Å². The first-order chi connectivity index (χ1) is 8.39. The van der Waals surface area contributed by atoms with Crippen LogP contribution in [0.1, 0.15) is 12.5 Å². The summed E-state index contributed by atoms with van der Waals surface area (Å²) in [6, 6.07) is 3.30. The fourth-order valence-corrected chi connectivity index (χ4v) is 2.92. The second-order valence-electron chi connectivity index (χ2n) is 3.59. The van der Waals surface area contributed by atoms with Crippen LogP contribution in [0.15, 0.2) is 12.1 Å². The lowest BCUT2D eigenvalue weighted by molar-refractivity contribution is 0.338. The minimum atomic E-state index is -3.04. The molecule has 0 bridgehead atoms. The normalized spacial score (nSPS) is 11.6. The molecule has 0 unspecified atom stereocenters. The fraction of sp³-hybridized carbons (Fsp3) is 0.455. The van der Waals surface area contributed by atoms with E-state index in [0.717, 1.165) is 5.56 Å². The first kappa shape index (κ1) is 16.1. The molecular weight excluding hydrogens is 363 g/mol. The summed E-state index contributed by atoms with van der Waals surface area (Å²) in [5.41, 5.74) is 0.793. The molecular formula is C11H13BrCl2O3S. The van der Waals surface area contributed by atoms with E-state index in [1.54, 1.807) is 19.1 Å². The summed E-state index contributed by atoms with van der Waals surface area (Å²) in [4.78, 5) is 0. The van der Waals surface area contributed by atoms with Crippen molar-refractivity contribution in [2.75, 3.05) is 18.1 Å². The average Bonchev–Trinajstić information content (AvgIpc) is 2.31. The molecule has 0 atom stereocenters. The molecule has 0 radical (unpaired) electrons. The molecule has 0 aliphatic carbocycles. The van der Waals surface area contributed by atoms with Crippen molar-refractivity contribution >= 4 is 49.0 Å². The van der Waals surface area contributed by atoms with Gasteiger partial charge in [-0.15, -0.1) is 0 Å². The van der Waals surface area contributed by atoms with Crippen LogP contribution in [0.5, 0.6) is 5.75 Å². The van der Waals surface area contributed by atoms with Gasteiger partial charge in [-0.3, -0.25) is 0 Å². The van der Waals surface area contributed by atoms with Gasteiger partial charge in [-0.05, 0) is 12.1 Å². The Morgan fingerprint density at radius 1 is 1.33 bits per heavy atom. The van der Waals surface area contributed by atoms with Crippen LogP contribution in [0.25, 0.3) is 0 Å². The van der Waals surface area contributed by atoms with Gasteiger partial charge in [0.05, 0.1) is 10.8 Å². The van der Waals surface area contributed by atoms with Gasteiger partial charge in [0, 0.05) is 21.7 Å². The molecule has 0 fully saturated rings. The van der Waals surface area contributed by atoms with Gasteiger partial charge in [-0.25, -0.2) is 8.42 Å². The number of hydrogen-bond donors (Lipinski definition) is 0. The summed E-state index contributed by atoms with van der Waals surface area (Å²) >= 11 is 15.2. The van der Waals surface area contributed by atoms with Crippen LogP contribution in [0.4, 0.5) is 0 Å². The van der Waals surface area contributed by atoms with E-state index in [-0.39, 0.29) is 18.1 Å². The van der Waals surface area contributed by atoms with Crippen LogP contribution < -0.4 is 4.74 Å². The summed E-state index contributed by atoms with van der Waals surface area (Å²) in [6.07, 6.45) is 0. The zero-order valence-electron chi connectivity index (χ0n) is 9.75. The number of halogens is 3. The Bertz CT molecular complexity index is 517. The average molecular weight is 376 g/mol. The largest absolute Gasteiger partial charge is 0.491 e. The molecule has 0 aliphatic rings. The Kier molecular flexibility index (Phi) is 6.24. The third-order valence-electron chi connectivity index (χ3n) is 2.31. The molecule has 0 N–H and O–H groups in total. The van der Waals surface area contributed by atoms with Crippen molar-refractivity contribution in [2.45, 2.75) is 12.3 Å². The standard InChI is InChI=1S/C11H13BrCl2O3S/c1-2-18(15,16)4-3-17-11-8(7-12)5-9(13)6-10(11)14/h5-6H,2-4,7H2,1H3. The minimum Gasteiger partial charge on any atom is -0.491 e. The van der Waals surface area contributed by atoms with E-state index in [0.29, 0.717) is 21.1 Å². The number of ether oxygens (including phenoxy) is 1. The zero-order chi connectivity index (χ0) is 13.8. The van der Waals surface area contributed by atoms with Crippen LogP contribution in [0, 0.1) is 0 Å². The number of hydrogen-bond acceptors (Lipinski definition) is 3. The quantitative estimate of drug-likeness (QED) is 0.712. The molecule has 102 valence electrons. The van der Waals surface area contributed by atoms with E-state index in [4.69, 9.17) is 27.9 Å². The molecule has 0 amide bonds. The van der Waals surface area contributed by atoms with Crippen LogP contribution in [-0.4, -0.2) is 26.5 Å². The van der Waals surface area contributed by atoms with Gasteiger partial charge in [-0.1, -0.05) is 46.1 Å². The highest BCUT2D eigenvalue weighted by Gasteiger charge is 2.12. The lowest BCUT2D eigenvalue weighted by Gasteiger charge is -2.12. The third-order valence-corrected chi connectivity index (χ3v) is 5.08. The minimum absolute atomic E-state index is 0.0236. The SMILES string of the molecule is CCS(=O)(=O)CCOc1c(Cl)cc(Cl)cc1CBr. The van der Waals surface area contributed by atoms with Gasteiger partial charge in [0.2, 0.25) is 0 Å². The fourth-order valence-electron chi connectivity index (χ4n) is 1.29. The Morgan fingerprint density at radius 2 is 2.00 bits per heavy atom. The third kappa shape index (κ3) is 4.61. The van der Waals surface area contributed by atoms with E-state index in [1.807, 2.05) is 0 Å². The van der Waals surface area contributed by atoms with Gasteiger partial charge in [0.25, 0.3) is 0 Å². The van der Waals surface area contributed by atoms with Crippen molar-refractivity contribution in [1.82, 2.24) is 0 Å². The number of rotatable bonds is 6. The van der Waals surface area contributed by atoms with Crippen LogP contribution in [0.2, 0.25) is 10.0 Å². The molecule has 18 heavy (non-hydrogen) atoms. The second kappa shape index (κ2) is 6.98. The van der Waals surface area contributed by atoms with Gasteiger partial charge >= 0.3 is 0 Å². The molecule has 0 spiro atoms. The van der Waals surface area contributed by atoms with Crippen molar-refractivity contribution in [3.63, 3.8) is 0 Å². The maximum atomic E-state index is 11.3. The van der Waals surface area contributed by atoms with Gasteiger partial charge in [0.1, 0.15) is 12.4 Å². The molecule has 0 saturated heterocycles. The number of alkyl halides is 1. The van der Waals surface area contributed by atoms with Crippen LogP contribution in [-0.2, 0) is 15.2 Å². The summed E-state index contributed by atoms with van der Waals surface area (Å²) in [7, 11) is -3.04. The molecule has 0 aromatic heterocycles. The highest BCUT2D eigenvalue weighted by atomic mass is 79.9. The number of benzene rings is 1. The van der Waals surface area contributed by atoms with Crippen molar-refractivity contribution in [2.24, 2.45) is 0 Å². The van der Waals surface area contributed by atoms with Crippen molar-refractivity contribution < 1.29 is 13.2 Å². The summed E-state index contributed by atoms with van der Waals surface area (Å²) in [6.45, 7) is 1.69. The Balaban J connectivity index is 2.79. The zero-order valence-corrected chi connectivity index (χ0v) is 13.7. The molecule has 1 rings (SSSR count). The molecule has 3 nitrogen and oxygen atoms in total. The Labute approximate surface area is 125 Å². The van der Waals surface area contributed by atoms with Gasteiger partial charge < -0.3 is 4.74 Å². The topological polar surface area (TPSA) is 43.4 Å². The first-order valence-electron chi connectivity index (χ1n) is 5.26. The number of sulfone groups is 1. The van der Waals surface area contributed by atoms with Crippen molar-refractivity contribution in [1.29, 1.82) is 0 Å². The summed E-state index contributed by atoms with van der Waals surface area (Å²) < 4.78 is 28.1. The molecule has 1 aromatic rings. The smallest absolute Gasteiger partial charge is 0.153 e. The molecule has 1 aromatic carbocycles. The van der Waals surface area contributed by atoms with Crippen LogP contribution >= 0.6 is 39.1 Å². The van der Waals surface area contributed by atoms with Gasteiger partial charge in [0.15, 0.2) is 9.84 Å². The molecule has 0 saturated carbocycles. The second-order valence-corrected chi connectivity index (χ2v) is 7.47. The highest BCUT2D eigenvalue weighted by Crippen LogP contribution is 2.33.